The average molecular weight is 184 g/mol. The Balaban J connectivity index is 2.64. The van der Waals surface area contributed by atoms with E-state index in [9.17, 15) is 9.59 Å². The van der Waals surface area contributed by atoms with Crippen LogP contribution in [0.15, 0.2) is 12.1 Å². The fraction of sp³-hybridized carbons (Fsp3) is 0.333. The molecule has 1 rings (SSSR count). The SMILES string of the molecule is N#[N+]/C=C(\O)ON1C(=O)CCC1=O. The lowest BCUT2D eigenvalue weighted by molar-refractivity contribution is -0.186. The summed E-state index contributed by atoms with van der Waals surface area (Å²) >= 11 is 0. The Hall–Kier alpha value is -2.10. The summed E-state index contributed by atoms with van der Waals surface area (Å²) in [5.74, 6) is -1.91. The summed E-state index contributed by atoms with van der Waals surface area (Å²) in [6, 6.07) is 0. The third-order valence-electron chi connectivity index (χ3n) is 1.36. The number of carbonyl (C=O) groups is 2. The van der Waals surface area contributed by atoms with Crippen LogP contribution in [0.3, 0.4) is 0 Å². The summed E-state index contributed by atoms with van der Waals surface area (Å²) in [6.07, 6.45) is 0.670. The molecule has 68 valence electrons. The van der Waals surface area contributed by atoms with Crippen LogP contribution in [-0.2, 0) is 14.4 Å². The van der Waals surface area contributed by atoms with E-state index >= 15 is 0 Å². The van der Waals surface area contributed by atoms with E-state index in [-0.39, 0.29) is 12.8 Å². The van der Waals surface area contributed by atoms with Gasteiger partial charge in [0, 0.05) is 12.8 Å². The van der Waals surface area contributed by atoms with Crippen LogP contribution in [0.25, 0.3) is 4.98 Å². The molecule has 1 aliphatic rings. The van der Waals surface area contributed by atoms with E-state index in [0.29, 0.717) is 11.3 Å². The van der Waals surface area contributed by atoms with Crippen LogP contribution in [0.2, 0.25) is 0 Å². The number of hydroxylamine groups is 2. The third kappa shape index (κ3) is 1.93. The highest BCUT2D eigenvalue weighted by Gasteiger charge is 2.32. The Morgan fingerprint density at radius 2 is 2.08 bits per heavy atom. The molecule has 0 spiro atoms. The van der Waals surface area contributed by atoms with Gasteiger partial charge in [-0.25, -0.2) is 0 Å². The Bertz CT molecular complexity index is 300. The number of imide groups is 1. The van der Waals surface area contributed by atoms with Crippen molar-refractivity contribution in [3.05, 3.63) is 17.1 Å². The number of carbonyl (C=O) groups excluding carboxylic acids is 2. The van der Waals surface area contributed by atoms with Crippen molar-refractivity contribution in [3.8, 4) is 0 Å². The van der Waals surface area contributed by atoms with Gasteiger partial charge >= 0.3 is 12.1 Å². The van der Waals surface area contributed by atoms with Gasteiger partial charge in [-0.2, -0.15) is 0 Å². The molecule has 0 saturated carbocycles. The molecule has 0 aromatic carbocycles. The maximum atomic E-state index is 10.9. The van der Waals surface area contributed by atoms with Crippen molar-refractivity contribution in [2.45, 2.75) is 12.8 Å². The highest BCUT2D eigenvalue weighted by Crippen LogP contribution is 2.13. The molecule has 0 aromatic heterocycles. The second-order valence-corrected chi connectivity index (χ2v) is 2.26. The largest absolute Gasteiger partial charge is 0.474 e. The molecule has 13 heavy (non-hydrogen) atoms. The lowest BCUT2D eigenvalue weighted by Gasteiger charge is -2.09. The molecule has 0 aromatic rings. The summed E-state index contributed by atoms with van der Waals surface area (Å²) in [4.78, 5) is 28.6. The molecule has 0 unspecified atom stereocenters. The smallest absolute Gasteiger partial charge is 0.431 e. The van der Waals surface area contributed by atoms with Gasteiger partial charge in [0.1, 0.15) is 0 Å². The number of aliphatic hydroxyl groups is 1. The van der Waals surface area contributed by atoms with Gasteiger partial charge in [0.2, 0.25) is 5.39 Å². The van der Waals surface area contributed by atoms with Gasteiger partial charge in [0.25, 0.3) is 11.8 Å². The van der Waals surface area contributed by atoms with Crippen molar-refractivity contribution in [2.24, 2.45) is 0 Å². The van der Waals surface area contributed by atoms with E-state index in [1.54, 1.807) is 0 Å². The first-order valence-corrected chi connectivity index (χ1v) is 3.42. The number of nitrogens with zero attached hydrogens (tertiary/aromatic N) is 3. The van der Waals surface area contributed by atoms with E-state index < -0.39 is 17.8 Å². The molecule has 0 bridgehead atoms. The lowest BCUT2D eigenvalue weighted by atomic mass is 10.4. The van der Waals surface area contributed by atoms with Crippen molar-refractivity contribution < 1.29 is 19.5 Å². The summed E-state index contributed by atoms with van der Waals surface area (Å²) in [7, 11) is 0. The highest BCUT2D eigenvalue weighted by atomic mass is 16.8. The van der Waals surface area contributed by atoms with Gasteiger partial charge in [0.05, 0.1) is 0 Å². The van der Waals surface area contributed by atoms with Crippen LogP contribution in [0, 0.1) is 5.39 Å². The molecule has 1 saturated heterocycles. The van der Waals surface area contributed by atoms with E-state index in [4.69, 9.17) is 10.5 Å². The van der Waals surface area contributed by atoms with E-state index in [2.05, 4.69) is 9.81 Å². The highest BCUT2D eigenvalue weighted by molar-refractivity contribution is 6.00. The molecule has 1 aliphatic heterocycles. The second kappa shape index (κ2) is 3.53. The zero-order valence-electron chi connectivity index (χ0n) is 6.51. The van der Waals surface area contributed by atoms with E-state index in [0.717, 1.165) is 0 Å². The third-order valence-corrected chi connectivity index (χ3v) is 1.36. The molecule has 0 aliphatic carbocycles. The van der Waals surface area contributed by atoms with Crippen LogP contribution in [0.1, 0.15) is 12.8 Å². The van der Waals surface area contributed by atoms with Crippen LogP contribution in [0.4, 0.5) is 0 Å². The molecule has 0 atom stereocenters. The summed E-state index contributed by atoms with van der Waals surface area (Å²) in [5, 5.41) is 17.2. The average Bonchev–Trinajstić information content (AvgIpc) is 2.36. The topological polar surface area (TPSA) is 95.0 Å². The number of amides is 2. The fourth-order valence-corrected chi connectivity index (χ4v) is 0.824. The Morgan fingerprint density at radius 1 is 1.54 bits per heavy atom. The van der Waals surface area contributed by atoms with Crippen molar-refractivity contribution in [2.75, 3.05) is 0 Å². The van der Waals surface area contributed by atoms with Gasteiger partial charge in [-0.05, 0) is 0 Å². The molecule has 2 amide bonds. The van der Waals surface area contributed by atoms with Crippen molar-refractivity contribution in [3.63, 3.8) is 0 Å². The molecule has 1 fully saturated rings. The number of aliphatic hydroxyl groups excluding tert-OH is 1. The normalized spacial score (nSPS) is 17.5. The quantitative estimate of drug-likeness (QED) is 0.377. The molecule has 0 radical (unpaired) electrons. The molecule has 7 nitrogen and oxygen atoms in total. The molecule has 7 heteroatoms. The number of rotatable bonds is 2. The Kier molecular flexibility index (Phi) is 2.44. The van der Waals surface area contributed by atoms with Crippen molar-refractivity contribution in [1.29, 1.82) is 5.39 Å². The van der Waals surface area contributed by atoms with Crippen molar-refractivity contribution in [1.82, 2.24) is 5.06 Å². The zero-order chi connectivity index (χ0) is 9.84. The molecule has 1 heterocycles. The zero-order valence-corrected chi connectivity index (χ0v) is 6.51. The predicted molar refractivity (Wildman–Crippen MR) is 38.0 cm³/mol. The second-order valence-electron chi connectivity index (χ2n) is 2.26. The maximum absolute atomic E-state index is 10.9. The van der Waals surface area contributed by atoms with Crippen LogP contribution >= 0.6 is 0 Å². The van der Waals surface area contributed by atoms with E-state index in [1.807, 2.05) is 0 Å². The minimum absolute atomic E-state index is 0.0579. The Labute approximate surface area is 72.8 Å². The van der Waals surface area contributed by atoms with Gasteiger partial charge < -0.3 is 9.94 Å². The Morgan fingerprint density at radius 3 is 2.54 bits per heavy atom. The first-order chi connectivity index (χ1) is 6.15. The number of hydrogen-bond acceptors (Lipinski definition) is 5. The minimum atomic E-state index is -0.828. The fourth-order valence-electron chi connectivity index (χ4n) is 0.824. The van der Waals surface area contributed by atoms with Gasteiger partial charge in [-0.15, -0.1) is 5.06 Å². The van der Waals surface area contributed by atoms with Gasteiger partial charge in [-0.1, -0.05) is 0 Å². The van der Waals surface area contributed by atoms with E-state index in [1.165, 1.54) is 0 Å². The standard InChI is InChI=1S/C6H5N3O4/c7-8-3-6(12)13-9-4(10)1-2-5(9)11/h3H,1-2H2/p+1/b6-3+. The predicted octanol–water partition coefficient (Wildman–Crippen LogP) is 0.277. The number of diazo groups is 1. The molecular weight excluding hydrogens is 178 g/mol. The first kappa shape index (κ1) is 8.99. The maximum Gasteiger partial charge on any atom is 0.431 e. The van der Waals surface area contributed by atoms with Crippen LogP contribution < -0.4 is 0 Å². The first-order valence-electron chi connectivity index (χ1n) is 3.42. The number of hydrogen-bond donors (Lipinski definition) is 1. The summed E-state index contributed by atoms with van der Waals surface area (Å²) < 4.78 is 0. The summed E-state index contributed by atoms with van der Waals surface area (Å²) in [5.41, 5.74) is 0. The lowest BCUT2D eigenvalue weighted by Crippen LogP contribution is -2.28. The van der Waals surface area contributed by atoms with Crippen molar-refractivity contribution >= 4 is 11.8 Å². The van der Waals surface area contributed by atoms with Gasteiger partial charge in [0.15, 0.2) is 4.98 Å². The molecule has 1 N–H and O–H groups in total. The van der Waals surface area contributed by atoms with Crippen LogP contribution in [-0.4, -0.2) is 22.0 Å². The summed E-state index contributed by atoms with van der Waals surface area (Å²) in [6.45, 7) is 0. The monoisotopic (exact) mass is 184 g/mol. The minimum Gasteiger partial charge on any atom is -0.474 e. The molecular formula is C6H6N3O4+. The van der Waals surface area contributed by atoms with Gasteiger partial charge in [-0.3, -0.25) is 9.59 Å². The van der Waals surface area contributed by atoms with Crippen LogP contribution in [0.5, 0.6) is 0 Å².